The molecular weight excluding hydrogens is 478 g/mol. The van der Waals surface area contributed by atoms with Crippen LogP contribution in [0.15, 0.2) is 87.3 Å². The van der Waals surface area contributed by atoms with Gasteiger partial charge >= 0.3 is 0 Å². The number of nitrogens with one attached hydrogen (secondary N) is 1. The summed E-state index contributed by atoms with van der Waals surface area (Å²) in [5.41, 5.74) is 4.99. The average molecular weight is 498 g/mol. The van der Waals surface area contributed by atoms with E-state index in [1.165, 1.54) is 0 Å². The van der Waals surface area contributed by atoms with Crippen LogP contribution in [-0.4, -0.2) is 25.3 Å². The van der Waals surface area contributed by atoms with Gasteiger partial charge in [-0.25, -0.2) is 15.0 Å². The fraction of sp³-hybridized carbons (Fsp3) is 0.0769. The Bertz CT molecular complexity index is 1630. The molecule has 0 saturated heterocycles. The standard InChI is InChI=1S/C26H19N5O2S2/c1-16-14-34-26(28-16)35-15-20-19-5-2-3-6-22(19)33-23(20)24(32)29-18-9-7-17(8-10-18)21-13-31-12-4-11-27-25(31)30-21/h2-14H,15H2,1H3,(H,29,32). The largest absolute Gasteiger partial charge is 0.451 e. The zero-order chi connectivity index (χ0) is 23.8. The third kappa shape index (κ3) is 4.31. The summed E-state index contributed by atoms with van der Waals surface area (Å²) in [6.45, 7) is 1.98. The molecule has 0 atom stereocenters. The van der Waals surface area contributed by atoms with Crippen molar-refractivity contribution in [2.24, 2.45) is 0 Å². The second-order valence-corrected chi connectivity index (χ2v) is 10.0. The molecule has 0 spiro atoms. The fourth-order valence-electron chi connectivity index (χ4n) is 3.84. The number of furan rings is 1. The maximum Gasteiger partial charge on any atom is 0.291 e. The third-order valence-corrected chi connectivity index (χ3v) is 7.68. The van der Waals surface area contributed by atoms with Crippen molar-refractivity contribution in [2.75, 3.05) is 5.32 Å². The van der Waals surface area contributed by atoms with Crippen molar-refractivity contribution in [2.45, 2.75) is 17.0 Å². The molecule has 7 nitrogen and oxygen atoms in total. The van der Waals surface area contributed by atoms with Crippen molar-refractivity contribution in [3.63, 3.8) is 0 Å². The Morgan fingerprint density at radius 1 is 1.11 bits per heavy atom. The van der Waals surface area contributed by atoms with Crippen LogP contribution < -0.4 is 5.32 Å². The smallest absolute Gasteiger partial charge is 0.291 e. The number of aromatic nitrogens is 4. The molecule has 1 amide bonds. The van der Waals surface area contributed by atoms with Crippen LogP contribution in [0.4, 0.5) is 5.69 Å². The van der Waals surface area contributed by atoms with Gasteiger partial charge in [0.05, 0.1) is 5.69 Å². The van der Waals surface area contributed by atoms with Gasteiger partial charge < -0.3 is 9.73 Å². The molecule has 0 aliphatic carbocycles. The predicted octanol–water partition coefficient (Wildman–Crippen LogP) is 6.45. The molecular formula is C26H19N5O2S2. The van der Waals surface area contributed by atoms with E-state index in [1.54, 1.807) is 29.3 Å². The van der Waals surface area contributed by atoms with E-state index in [1.807, 2.05) is 83.7 Å². The van der Waals surface area contributed by atoms with Crippen molar-refractivity contribution in [1.29, 1.82) is 0 Å². The van der Waals surface area contributed by atoms with Crippen molar-refractivity contribution in [1.82, 2.24) is 19.4 Å². The lowest BCUT2D eigenvalue weighted by Crippen LogP contribution is -2.12. The molecule has 0 aliphatic heterocycles. The molecule has 0 saturated carbocycles. The minimum atomic E-state index is -0.281. The first-order valence-electron chi connectivity index (χ1n) is 10.9. The summed E-state index contributed by atoms with van der Waals surface area (Å²) in [5.74, 6) is 1.27. The zero-order valence-electron chi connectivity index (χ0n) is 18.6. The summed E-state index contributed by atoms with van der Waals surface area (Å²) >= 11 is 3.21. The normalized spacial score (nSPS) is 11.3. The van der Waals surface area contributed by atoms with E-state index in [0.717, 1.165) is 32.2 Å². The van der Waals surface area contributed by atoms with E-state index in [0.29, 0.717) is 28.6 Å². The molecule has 0 aliphatic rings. The van der Waals surface area contributed by atoms with E-state index in [2.05, 4.69) is 20.3 Å². The van der Waals surface area contributed by atoms with Crippen LogP contribution in [0.1, 0.15) is 21.8 Å². The molecule has 9 heteroatoms. The molecule has 35 heavy (non-hydrogen) atoms. The predicted molar refractivity (Wildman–Crippen MR) is 139 cm³/mol. The molecule has 6 aromatic rings. The number of rotatable bonds is 6. The Balaban J connectivity index is 1.24. The monoisotopic (exact) mass is 497 g/mol. The first-order chi connectivity index (χ1) is 17.1. The number of carbonyl (C=O) groups is 1. The second-order valence-electron chi connectivity index (χ2n) is 7.93. The van der Waals surface area contributed by atoms with E-state index in [4.69, 9.17) is 4.42 Å². The van der Waals surface area contributed by atoms with Crippen LogP contribution in [0.3, 0.4) is 0 Å². The summed E-state index contributed by atoms with van der Waals surface area (Å²) in [4.78, 5) is 26.6. The highest BCUT2D eigenvalue weighted by molar-refractivity contribution is 8.00. The van der Waals surface area contributed by atoms with Gasteiger partial charge in [-0.1, -0.05) is 42.1 Å². The number of hydrogen-bond donors (Lipinski definition) is 1. The highest BCUT2D eigenvalue weighted by atomic mass is 32.2. The lowest BCUT2D eigenvalue weighted by molar-refractivity contribution is 0.0998. The Hall–Kier alpha value is -3.95. The number of para-hydroxylation sites is 1. The zero-order valence-corrected chi connectivity index (χ0v) is 20.3. The SMILES string of the molecule is Cc1csc(SCc2c(C(=O)Nc3ccc(-c4cn5cccnc5n4)cc3)oc3ccccc23)n1. The molecule has 0 fully saturated rings. The number of hydrogen-bond acceptors (Lipinski definition) is 7. The van der Waals surface area contributed by atoms with Gasteiger partial charge in [0.2, 0.25) is 5.78 Å². The van der Waals surface area contributed by atoms with Crippen LogP contribution >= 0.6 is 23.1 Å². The maximum absolute atomic E-state index is 13.2. The highest BCUT2D eigenvalue weighted by Gasteiger charge is 2.21. The van der Waals surface area contributed by atoms with E-state index >= 15 is 0 Å². The topological polar surface area (TPSA) is 85.3 Å². The van der Waals surface area contributed by atoms with Crippen molar-refractivity contribution >= 4 is 51.4 Å². The van der Waals surface area contributed by atoms with E-state index < -0.39 is 0 Å². The molecule has 2 aromatic carbocycles. The minimum Gasteiger partial charge on any atom is -0.451 e. The molecule has 0 radical (unpaired) electrons. The summed E-state index contributed by atoms with van der Waals surface area (Å²) < 4.78 is 8.83. The number of imidazole rings is 1. The Morgan fingerprint density at radius 2 is 1.97 bits per heavy atom. The number of benzene rings is 2. The fourth-order valence-corrected chi connectivity index (χ4v) is 5.72. The quantitative estimate of drug-likeness (QED) is 0.266. The van der Waals surface area contributed by atoms with Gasteiger partial charge in [0, 0.05) is 57.6 Å². The summed E-state index contributed by atoms with van der Waals surface area (Å²) in [7, 11) is 0. The highest BCUT2D eigenvalue weighted by Crippen LogP contribution is 2.33. The van der Waals surface area contributed by atoms with Gasteiger partial charge in [0.25, 0.3) is 5.91 Å². The molecule has 0 unspecified atom stereocenters. The summed E-state index contributed by atoms with van der Waals surface area (Å²) in [6, 6.07) is 17.2. The number of anilines is 1. The number of carbonyl (C=O) groups excluding carboxylic acids is 1. The van der Waals surface area contributed by atoms with Crippen molar-refractivity contribution in [3.05, 3.63) is 95.6 Å². The summed E-state index contributed by atoms with van der Waals surface area (Å²) in [6.07, 6.45) is 5.55. The summed E-state index contributed by atoms with van der Waals surface area (Å²) in [5, 5.41) is 5.94. The van der Waals surface area contributed by atoms with Crippen LogP contribution in [-0.2, 0) is 5.75 Å². The molecule has 172 valence electrons. The number of thiazole rings is 1. The van der Waals surface area contributed by atoms with Crippen LogP contribution in [0.25, 0.3) is 28.0 Å². The van der Waals surface area contributed by atoms with Crippen LogP contribution in [0, 0.1) is 6.92 Å². The Labute approximate surface area is 208 Å². The first kappa shape index (κ1) is 21.6. The number of thioether (sulfide) groups is 1. The van der Waals surface area contributed by atoms with Crippen LogP contribution in [0.2, 0.25) is 0 Å². The molecule has 4 heterocycles. The molecule has 1 N–H and O–H groups in total. The third-order valence-electron chi connectivity index (χ3n) is 5.52. The van der Waals surface area contributed by atoms with Crippen molar-refractivity contribution < 1.29 is 9.21 Å². The van der Waals surface area contributed by atoms with Gasteiger partial charge in [-0.15, -0.1) is 11.3 Å². The van der Waals surface area contributed by atoms with Crippen LogP contribution in [0.5, 0.6) is 0 Å². The average Bonchev–Trinajstić information content (AvgIpc) is 3.59. The first-order valence-corrected chi connectivity index (χ1v) is 12.8. The molecule has 6 rings (SSSR count). The van der Waals surface area contributed by atoms with Crippen molar-refractivity contribution in [3.8, 4) is 11.3 Å². The van der Waals surface area contributed by atoms with Gasteiger partial charge in [0.1, 0.15) is 9.92 Å². The lowest BCUT2D eigenvalue weighted by atomic mass is 10.1. The molecule has 0 bridgehead atoms. The lowest BCUT2D eigenvalue weighted by Gasteiger charge is -2.06. The van der Waals surface area contributed by atoms with E-state index in [-0.39, 0.29) is 5.91 Å². The van der Waals surface area contributed by atoms with E-state index in [9.17, 15) is 4.79 Å². The van der Waals surface area contributed by atoms with Gasteiger partial charge in [-0.05, 0) is 31.2 Å². The number of amides is 1. The van der Waals surface area contributed by atoms with Gasteiger partial charge in [-0.3, -0.25) is 9.20 Å². The molecule has 4 aromatic heterocycles. The Kier molecular flexibility index (Phi) is 5.55. The van der Waals surface area contributed by atoms with Gasteiger partial charge in [-0.2, -0.15) is 0 Å². The minimum absolute atomic E-state index is 0.281. The number of nitrogens with zero attached hydrogens (tertiary/aromatic N) is 4. The Morgan fingerprint density at radius 3 is 2.77 bits per heavy atom. The maximum atomic E-state index is 13.2. The number of aryl methyl sites for hydroxylation is 1. The van der Waals surface area contributed by atoms with Gasteiger partial charge in [0.15, 0.2) is 5.76 Å². The number of fused-ring (bicyclic) bond motifs is 2. The second kappa shape index (κ2) is 9.01.